The second-order valence-electron chi connectivity index (χ2n) is 7.99. The molecule has 1 amide bonds. The lowest BCUT2D eigenvalue weighted by Crippen LogP contribution is -2.36. The number of carbonyl (C=O) groups is 1. The lowest BCUT2D eigenvalue weighted by molar-refractivity contribution is 0.0745. The quantitative estimate of drug-likeness (QED) is 0.353. The average Bonchev–Trinajstić information content (AvgIpc) is 3.34. The Morgan fingerprint density at radius 1 is 1.11 bits per heavy atom. The fourth-order valence-corrected chi connectivity index (χ4v) is 4.05. The van der Waals surface area contributed by atoms with Crippen LogP contribution in [-0.4, -0.2) is 63.8 Å². The summed E-state index contributed by atoms with van der Waals surface area (Å²) < 4.78 is 32.8. The first-order chi connectivity index (χ1) is 17.5. The summed E-state index contributed by atoms with van der Waals surface area (Å²) in [5.74, 6) is -0.376. The molecule has 1 fully saturated rings. The van der Waals surface area contributed by atoms with Crippen LogP contribution < -0.4 is 21.3 Å². The molecule has 1 aromatic carbocycles. The first-order valence-corrected chi connectivity index (χ1v) is 11.1. The fourth-order valence-electron chi connectivity index (χ4n) is 4.05. The van der Waals surface area contributed by atoms with Crippen molar-refractivity contribution in [2.24, 2.45) is 5.73 Å². The number of hydrogen-bond donors (Lipinski definition) is 3. The maximum atomic E-state index is 13.3. The van der Waals surface area contributed by atoms with Crippen molar-refractivity contribution in [3.63, 3.8) is 0 Å². The highest BCUT2D eigenvalue weighted by Crippen LogP contribution is 2.33. The molecule has 0 radical (unpaired) electrons. The molecule has 11 nitrogen and oxygen atoms in total. The van der Waals surface area contributed by atoms with Gasteiger partial charge in [0.05, 0.1) is 30.5 Å². The van der Waals surface area contributed by atoms with Crippen molar-refractivity contribution in [1.29, 1.82) is 0 Å². The van der Waals surface area contributed by atoms with Crippen LogP contribution in [0, 0.1) is 0 Å². The predicted octanol–water partition coefficient (Wildman–Crippen LogP) is 3.00. The van der Waals surface area contributed by atoms with E-state index in [0.717, 1.165) is 25.1 Å². The number of pyridine rings is 1. The molecular formula is C23H23F2N9O2. The highest BCUT2D eigenvalue weighted by molar-refractivity contribution is 5.99. The molecule has 0 unspecified atom stereocenters. The molecule has 1 saturated heterocycles. The van der Waals surface area contributed by atoms with Crippen LogP contribution in [0.1, 0.15) is 17.0 Å². The standard InChI is InChI=1S/C23H23F2N9O2/c1-27-21-18(15-10-28-11-16-17(15)29-12-34(16)23(24)25)31-19(20(26)35)22(32-21)30-13-2-4-14(5-3-13)33-6-8-36-9-7-33/h2-5,10-12,23H,6-9H2,1H3,(H2,26,35)(H2,27,30,32). The van der Waals surface area contributed by atoms with Gasteiger partial charge in [0.2, 0.25) is 0 Å². The number of morpholine rings is 1. The molecular weight excluding hydrogens is 472 g/mol. The topological polar surface area (TPSA) is 136 Å². The van der Waals surface area contributed by atoms with Gasteiger partial charge in [0, 0.05) is 37.7 Å². The SMILES string of the molecule is CNc1nc(Nc2ccc(N3CCOCC3)cc2)c(C(N)=O)nc1-c1cncc2c1ncn2C(F)F. The molecule has 5 rings (SSSR count). The minimum atomic E-state index is -2.79. The number of nitrogens with one attached hydrogen (secondary N) is 2. The summed E-state index contributed by atoms with van der Waals surface area (Å²) in [7, 11) is 1.63. The van der Waals surface area contributed by atoms with Gasteiger partial charge < -0.3 is 26.0 Å². The number of nitrogens with zero attached hydrogens (tertiary/aromatic N) is 6. The number of halogens is 2. The number of aromatic nitrogens is 5. The molecule has 186 valence electrons. The highest BCUT2D eigenvalue weighted by Gasteiger charge is 2.22. The molecule has 1 aliphatic rings. The van der Waals surface area contributed by atoms with E-state index in [2.05, 4.69) is 35.5 Å². The summed E-state index contributed by atoms with van der Waals surface area (Å²) in [6.07, 6.45) is 3.74. The molecule has 1 aliphatic heterocycles. The minimum absolute atomic E-state index is 0.119. The first kappa shape index (κ1) is 23.4. The Balaban J connectivity index is 1.52. The number of imidazole rings is 1. The van der Waals surface area contributed by atoms with Gasteiger partial charge >= 0.3 is 6.55 Å². The number of ether oxygens (including phenoxy) is 1. The minimum Gasteiger partial charge on any atom is -0.378 e. The smallest absolute Gasteiger partial charge is 0.320 e. The zero-order valence-corrected chi connectivity index (χ0v) is 19.3. The van der Waals surface area contributed by atoms with Crippen molar-refractivity contribution in [3.8, 4) is 11.3 Å². The normalized spacial score (nSPS) is 13.8. The van der Waals surface area contributed by atoms with Crippen molar-refractivity contribution in [2.45, 2.75) is 6.55 Å². The van der Waals surface area contributed by atoms with Gasteiger partial charge in [-0.2, -0.15) is 8.78 Å². The Morgan fingerprint density at radius 3 is 2.53 bits per heavy atom. The summed E-state index contributed by atoms with van der Waals surface area (Å²) in [5.41, 5.74) is 8.14. The molecule has 4 heterocycles. The number of hydrogen-bond acceptors (Lipinski definition) is 9. The Kier molecular flexibility index (Phi) is 6.29. The van der Waals surface area contributed by atoms with Crippen LogP contribution in [0.2, 0.25) is 0 Å². The number of benzene rings is 1. The van der Waals surface area contributed by atoms with E-state index in [4.69, 9.17) is 10.5 Å². The summed E-state index contributed by atoms with van der Waals surface area (Å²) in [6.45, 7) is 0.205. The van der Waals surface area contributed by atoms with Crippen molar-refractivity contribution in [1.82, 2.24) is 24.5 Å². The molecule has 4 aromatic rings. The van der Waals surface area contributed by atoms with Crippen molar-refractivity contribution >= 4 is 40.0 Å². The summed E-state index contributed by atoms with van der Waals surface area (Å²) in [5, 5.41) is 6.04. The third kappa shape index (κ3) is 4.35. The maximum absolute atomic E-state index is 13.3. The zero-order chi connectivity index (χ0) is 25.2. The molecule has 0 bridgehead atoms. The van der Waals surface area contributed by atoms with Crippen LogP contribution in [-0.2, 0) is 4.74 Å². The number of fused-ring (bicyclic) bond motifs is 1. The van der Waals surface area contributed by atoms with E-state index in [-0.39, 0.29) is 34.1 Å². The largest absolute Gasteiger partial charge is 0.378 e. The number of carbonyl (C=O) groups excluding carboxylic acids is 1. The van der Waals surface area contributed by atoms with E-state index in [1.807, 2.05) is 24.3 Å². The molecule has 0 atom stereocenters. The van der Waals surface area contributed by atoms with E-state index in [1.165, 1.54) is 12.4 Å². The number of primary amides is 1. The molecule has 0 spiro atoms. The molecule has 13 heteroatoms. The van der Waals surface area contributed by atoms with Gasteiger partial charge in [-0.3, -0.25) is 14.3 Å². The summed E-state index contributed by atoms with van der Waals surface area (Å²) >= 11 is 0. The molecule has 3 aromatic heterocycles. The van der Waals surface area contributed by atoms with Gasteiger partial charge in [0.1, 0.15) is 17.5 Å². The number of anilines is 4. The van der Waals surface area contributed by atoms with Crippen LogP contribution in [0.3, 0.4) is 0 Å². The second kappa shape index (κ2) is 9.70. The Hall–Kier alpha value is -4.39. The van der Waals surface area contributed by atoms with Gasteiger partial charge in [-0.25, -0.2) is 15.0 Å². The van der Waals surface area contributed by atoms with E-state index in [0.29, 0.717) is 29.0 Å². The number of alkyl halides is 2. The zero-order valence-electron chi connectivity index (χ0n) is 19.3. The van der Waals surface area contributed by atoms with Crippen molar-refractivity contribution in [2.75, 3.05) is 48.9 Å². The summed E-state index contributed by atoms with van der Waals surface area (Å²) in [6, 6.07) is 7.66. The number of rotatable bonds is 7. The van der Waals surface area contributed by atoms with Crippen LogP contribution in [0.4, 0.5) is 31.8 Å². The lowest BCUT2D eigenvalue weighted by Gasteiger charge is -2.29. The third-order valence-electron chi connectivity index (χ3n) is 5.83. The molecule has 0 aliphatic carbocycles. The van der Waals surface area contributed by atoms with Gasteiger partial charge in [-0.05, 0) is 24.3 Å². The molecule has 36 heavy (non-hydrogen) atoms. The van der Waals surface area contributed by atoms with Crippen molar-refractivity contribution in [3.05, 3.63) is 48.7 Å². The van der Waals surface area contributed by atoms with E-state index < -0.39 is 12.5 Å². The van der Waals surface area contributed by atoms with Gasteiger partial charge in [0.25, 0.3) is 5.91 Å². The number of amides is 1. The van der Waals surface area contributed by atoms with Crippen LogP contribution >= 0.6 is 0 Å². The van der Waals surface area contributed by atoms with Gasteiger partial charge in [-0.1, -0.05) is 0 Å². The monoisotopic (exact) mass is 495 g/mol. The molecule has 4 N–H and O–H groups in total. The molecule has 0 saturated carbocycles. The number of nitrogens with two attached hydrogens (primary N) is 1. The predicted molar refractivity (Wildman–Crippen MR) is 131 cm³/mol. The maximum Gasteiger partial charge on any atom is 0.320 e. The third-order valence-corrected chi connectivity index (χ3v) is 5.83. The average molecular weight is 495 g/mol. The van der Waals surface area contributed by atoms with Crippen molar-refractivity contribution < 1.29 is 18.3 Å². The Morgan fingerprint density at radius 2 is 1.86 bits per heavy atom. The summed E-state index contributed by atoms with van der Waals surface area (Å²) in [4.78, 5) is 31.7. The van der Waals surface area contributed by atoms with Crippen LogP contribution in [0.25, 0.3) is 22.3 Å². The second-order valence-corrected chi connectivity index (χ2v) is 7.99. The Labute approximate surface area is 204 Å². The first-order valence-electron chi connectivity index (χ1n) is 11.1. The lowest BCUT2D eigenvalue weighted by atomic mass is 10.1. The Bertz CT molecular complexity index is 1400. The van der Waals surface area contributed by atoms with E-state index in [1.54, 1.807) is 7.05 Å². The van der Waals surface area contributed by atoms with Crippen LogP contribution in [0.15, 0.2) is 43.0 Å². The van der Waals surface area contributed by atoms with Gasteiger partial charge in [-0.15, -0.1) is 0 Å². The van der Waals surface area contributed by atoms with E-state index in [9.17, 15) is 13.6 Å². The van der Waals surface area contributed by atoms with E-state index >= 15 is 0 Å². The highest BCUT2D eigenvalue weighted by atomic mass is 19.3. The fraction of sp³-hybridized carbons (Fsp3) is 0.261. The van der Waals surface area contributed by atoms with Crippen LogP contribution in [0.5, 0.6) is 0 Å². The van der Waals surface area contributed by atoms with Gasteiger partial charge in [0.15, 0.2) is 17.3 Å².